The molecule has 0 heterocycles. The van der Waals surface area contributed by atoms with Crippen molar-refractivity contribution in [1.29, 1.82) is 0 Å². The van der Waals surface area contributed by atoms with Gasteiger partial charge in [-0.3, -0.25) is 9.59 Å². The molecule has 1 atom stereocenters. The van der Waals surface area contributed by atoms with Crippen LogP contribution in [-0.2, 0) is 19.1 Å². The van der Waals surface area contributed by atoms with E-state index in [0.29, 0.717) is 12.8 Å². The second kappa shape index (κ2) is 73.0. The summed E-state index contributed by atoms with van der Waals surface area (Å²) in [5.41, 5.74) is 0. The first kappa shape index (κ1) is 79.8. The fourth-order valence-electron chi connectivity index (χ4n) is 9.85. The smallest absolute Gasteiger partial charge is 0.306 e. The second-order valence-corrected chi connectivity index (χ2v) is 23.2. The standard InChI is InChI=1S/C79H132O5/c1-3-5-7-9-11-13-15-17-19-21-23-25-27-29-31-33-34-35-36-37-38-39-40-41-42-43-44-46-48-50-52-54-56-58-60-62-64-66-68-70-72-74-79(82)84-77(75-80)76-83-78(81)73-71-69-67-65-63-61-59-57-55-53-51-49-47-45-32-30-28-26-24-22-20-18-16-14-12-10-8-6-4-2/h5,7,11,13,16-19,22-25,29,31,34-35,37-38,40-41,43-44,48,50,77,80H,3-4,6,8-10,12,14-15,20-21,26-28,30,32-33,36,39,42,45-47,49,51-76H2,1-2H3/b7-5-,13-11-,18-16-,19-17-,24-22-,25-23-,31-29-,35-34-,38-37-,41-40-,44-43-,50-48-. The van der Waals surface area contributed by atoms with E-state index in [1.54, 1.807) is 0 Å². The van der Waals surface area contributed by atoms with Crippen LogP contribution in [0.5, 0.6) is 0 Å². The van der Waals surface area contributed by atoms with E-state index in [0.717, 1.165) is 109 Å². The molecule has 0 aliphatic carbocycles. The van der Waals surface area contributed by atoms with Crippen molar-refractivity contribution in [3.63, 3.8) is 0 Å². The summed E-state index contributed by atoms with van der Waals surface area (Å²) in [6.07, 6.45) is 110. The quantitative estimate of drug-likeness (QED) is 0.0373. The fraction of sp³-hybridized carbons (Fsp3) is 0.671. The van der Waals surface area contributed by atoms with E-state index < -0.39 is 6.10 Å². The third-order valence-corrected chi connectivity index (χ3v) is 15.1. The van der Waals surface area contributed by atoms with Gasteiger partial charge in [0.1, 0.15) is 6.61 Å². The molecule has 1 unspecified atom stereocenters. The lowest BCUT2D eigenvalue weighted by molar-refractivity contribution is -0.161. The monoisotopic (exact) mass is 1160 g/mol. The topological polar surface area (TPSA) is 72.8 Å². The zero-order valence-corrected chi connectivity index (χ0v) is 54.9. The molecule has 0 radical (unpaired) electrons. The Morgan fingerprint density at radius 2 is 0.512 bits per heavy atom. The van der Waals surface area contributed by atoms with E-state index in [9.17, 15) is 14.7 Å². The van der Waals surface area contributed by atoms with Crippen LogP contribution < -0.4 is 0 Å². The lowest BCUT2D eigenvalue weighted by Gasteiger charge is -2.15. The molecule has 0 saturated heterocycles. The van der Waals surface area contributed by atoms with Crippen LogP contribution >= 0.6 is 0 Å². The van der Waals surface area contributed by atoms with Gasteiger partial charge < -0.3 is 14.6 Å². The Balaban J connectivity index is 3.53. The Morgan fingerprint density at radius 1 is 0.286 bits per heavy atom. The normalized spacial score (nSPS) is 13.1. The summed E-state index contributed by atoms with van der Waals surface area (Å²) < 4.78 is 10.8. The fourth-order valence-corrected chi connectivity index (χ4v) is 9.85. The average Bonchev–Trinajstić information content (AvgIpc) is 3.51. The number of aliphatic hydroxyl groups is 1. The van der Waals surface area contributed by atoms with Gasteiger partial charge in [0, 0.05) is 12.8 Å². The molecule has 478 valence electrons. The molecule has 0 aromatic rings. The van der Waals surface area contributed by atoms with Crippen LogP contribution in [0.2, 0.25) is 0 Å². The zero-order valence-electron chi connectivity index (χ0n) is 54.9. The number of ether oxygens (including phenoxy) is 2. The molecule has 0 aromatic carbocycles. The first-order valence-corrected chi connectivity index (χ1v) is 35.4. The van der Waals surface area contributed by atoms with Crippen LogP contribution in [0.4, 0.5) is 0 Å². The van der Waals surface area contributed by atoms with E-state index in [-0.39, 0.29) is 25.2 Å². The average molecular weight is 1160 g/mol. The van der Waals surface area contributed by atoms with E-state index in [4.69, 9.17) is 9.47 Å². The summed E-state index contributed by atoms with van der Waals surface area (Å²) in [5, 5.41) is 9.71. The van der Waals surface area contributed by atoms with Crippen molar-refractivity contribution in [1.82, 2.24) is 0 Å². The molecule has 0 fully saturated rings. The van der Waals surface area contributed by atoms with E-state index in [2.05, 4.69) is 160 Å². The SMILES string of the molecule is CC/C=C\C/C=C\C/C=C\C/C=C\C/C=C\C/C=C\C/C=C\C/C=C\C/C=C\C/C=C\CCCCCCCCCCCCC(=O)OC(CO)COC(=O)CCCCCCCCCCCCCCCCCCC/C=C\C/C=C\CCCCCCC. The van der Waals surface area contributed by atoms with Crippen molar-refractivity contribution < 1.29 is 24.2 Å². The molecule has 1 N–H and O–H groups in total. The Kier molecular flexibility index (Phi) is 69.4. The van der Waals surface area contributed by atoms with Gasteiger partial charge >= 0.3 is 11.9 Å². The second-order valence-electron chi connectivity index (χ2n) is 23.2. The van der Waals surface area contributed by atoms with Crippen LogP contribution in [0.15, 0.2) is 146 Å². The molecule has 5 heteroatoms. The number of hydrogen-bond acceptors (Lipinski definition) is 5. The van der Waals surface area contributed by atoms with Gasteiger partial charge in [-0.1, -0.05) is 333 Å². The van der Waals surface area contributed by atoms with E-state index in [1.165, 1.54) is 186 Å². The maximum absolute atomic E-state index is 12.4. The van der Waals surface area contributed by atoms with Gasteiger partial charge in [0.05, 0.1) is 6.61 Å². The molecule has 84 heavy (non-hydrogen) atoms. The van der Waals surface area contributed by atoms with Crippen LogP contribution in [0.3, 0.4) is 0 Å². The Hall–Kier alpha value is -4.22. The summed E-state index contributed by atoms with van der Waals surface area (Å²) >= 11 is 0. The van der Waals surface area contributed by atoms with Gasteiger partial charge in [0.25, 0.3) is 0 Å². The molecule has 5 nitrogen and oxygen atoms in total. The predicted octanol–water partition coefficient (Wildman–Crippen LogP) is 24.9. The molecule has 0 aromatic heterocycles. The van der Waals surface area contributed by atoms with Crippen molar-refractivity contribution in [2.75, 3.05) is 13.2 Å². The van der Waals surface area contributed by atoms with Crippen LogP contribution in [0, 0.1) is 0 Å². The molecular weight excluding hydrogens is 1030 g/mol. The lowest BCUT2D eigenvalue weighted by Crippen LogP contribution is -2.28. The minimum atomic E-state index is -0.784. The minimum Gasteiger partial charge on any atom is -0.462 e. The number of carbonyl (C=O) groups is 2. The Morgan fingerprint density at radius 3 is 0.774 bits per heavy atom. The molecule has 0 spiro atoms. The number of allylic oxidation sites excluding steroid dienone is 24. The van der Waals surface area contributed by atoms with Crippen molar-refractivity contribution in [3.05, 3.63) is 146 Å². The van der Waals surface area contributed by atoms with E-state index >= 15 is 0 Å². The highest BCUT2D eigenvalue weighted by atomic mass is 16.6. The summed E-state index contributed by atoms with van der Waals surface area (Å²) in [7, 11) is 0. The third-order valence-electron chi connectivity index (χ3n) is 15.1. The molecular formula is C79H132O5. The number of esters is 2. The van der Waals surface area contributed by atoms with Crippen molar-refractivity contribution in [3.8, 4) is 0 Å². The summed E-state index contributed by atoms with van der Waals surface area (Å²) in [6.45, 7) is 4.03. The van der Waals surface area contributed by atoms with Crippen LogP contribution in [0.25, 0.3) is 0 Å². The maximum atomic E-state index is 12.4. The van der Waals surface area contributed by atoms with Crippen LogP contribution in [0.1, 0.15) is 322 Å². The Labute approximate surface area is 520 Å². The largest absolute Gasteiger partial charge is 0.462 e. The molecule has 0 bridgehead atoms. The number of unbranched alkanes of at least 4 members (excludes halogenated alkanes) is 32. The third kappa shape index (κ3) is 70.3. The van der Waals surface area contributed by atoms with Gasteiger partial charge in [-0.2, -0.15) is 0 Å². The number of hydrogen-bond donors (Lipinski definition) is 1. The first-order valence-electron chi connectivity index (χ1n) is 35.4. The first-order chi connectivity index (χ1) is 41.6. The number of rotatable bonds is 64. The number of aliphatic hydroxyl groups excluding tert-OH is 1. The Bertz CT molecular complexity index is 1750. The highest BCUT2D eigenvalue weighted by molar-refractivity contribution is 5.70. The number of carbonyl (C=O) groups excluding carboxylic acids is 2. The zero-order chi connectivity index (χ0) is 60.5. The van der Waals surface area contributed by atoms with Crippen LogP contribution in [-0.4, -0.2) is 36.4 Å². The van der Waals surface area contributed by atoms with Gasteiger partial charge in [0.2, 0.25) is 0 Å². The molecule has 0 amide bonds. The van der Waals surface area contributed by atoms with Crippen molar-refractivity contribution in [2.24, 2.45) is 0 Å². The molecule has 0 aliphatic heterocycles. The molecule has 0 aliphatic rings. The summed E-state index contributed by atoms with van der Waals surface area (Å²) in [5.74, 6) is -0.592. The summed E-state index contributed by atoms with van der Waals surface area (Å²) in [4.78, 5) is 24.7. The maximum Gasteiger partial charge on any atom is 0.306 e. The lowest BCUT2D eigenvalue weighted by atomic mass is 10.0. The highest BCUT2D eigenvalue weighted by Crippen LogP contribution is 2.17. The van der Waals surface area contributed by atoms with Gasteiger partial charge in [-0.15, -0.1) is 0 Å². The van der Waals surface area contributed by atoms with Gasteiger partial charge in [0.15, 0.2) is 6.10 Å². The highest BCUT2D eigenvalue weighted by Gasteiger charge is 2.16. The van der Waals surface area contributed by atoms with Gasteiger partial charge in [-0.25, -0.2) is 0 Å². The van der Waals surface area contributed by atoms with Gasteiger partial charge in [-0.05, 0) is 122 Å². The van der Waals surface area contributed by atoms with E-state index in [1.807, 2.05) is 0 Å². The molecule has 0 rings (SSSR count). The summed E-state index contributed by atoms with van der Waals surface area (Å²) in [6, 6.07) is 0. The predicted molar refractivity (Wildman–Crippen MR) is 371 cm³/mol. The van der Waals surface area contributed by atoms with Crippen molar-refractivity contribution >= 4 is 11.9 Å². The molecule has 0 saturated carbocycles. The minimum absolute atomic E-state index is 0.0719. The van der Waals surface area contributed by atoms with Crippen molar-refractivity contribution in [2.45, 2.75) is 328 Å².